The molecule has 5 heteroatoms. The van der Waals surface area contributed by atoms with Gasteiger partial charge in [-0.3, -0.25) is 0 Å². The minimum atomic E-state index is -1.69. The molecule has 1 rings (SSSR count). The second-order valence-electron chi connectivity index (χ2n) is 4.60. The molecule has 86 valence electrons. The highest BCUT2D eigenvalue weighted by atomic mass is 19.3. The van der Waals surface area contributed by atoms with Crippen molar-refractivity contribution in [3.63, 3.8) is 0 Å². The highest BCUT2D eigenvalue weighted by Gasteiger charge is 2.32. The van der Waals surface area contributed by atoms with Gasteiger partial charge in [-0.05, 0) is 26.8 Å². The van der Waals surface area contributed by atoms with Gasteiger partial charge in [-0.2, -0.15) is 8.78 Å². The van der Waals surface area contributed by atoms with Crippen molar-refractivity contribution in [2.75, 3.05) is 13.1 Å². The van der Waals surface area contributed by atoms with Crippen LogP contribution in [-0.2, 0) is 4.74 Å². The average Bonchev–Trinajstić information content (AvgIpc) is 1.91. The summed E-state index contributed by atoms with van der Waals surface area (Å²) >= 11 is 0. The normalized spacial score (nSPS) is 17.0. The van der Waals surface area contributed by atoms with E-state index in [9.17, 15) is 13.6 Å². The third kappa shape index (κ3) is 3.85. The fourth-order valence-corrected chi connectivity index (χ4v) is 1.27. The highest BCUT2D eigenvalue weighted by Crippen LogP contribution is 2.21. The Labute approximate surface area is 87.7 Å². The molecule has 1 aliphatic rings. The number of nitrogens with zero attached hydrogens (tertiary/aromatic N) is 1. The summed E-state index contributed by atoms with van der Waals surface area (Å²) in [5, 5.41) is 0. The fraction of sp³-hybridized carbons (Fsp3) is 0.700. The lowest BCUT2D eigenvalue weighted by atomic mass is 10.0. The summed E-state index contributed by atoms with van der Waals surface area (Å²) in [6, 6.07) is 0. The van der Waals surface area contributed by atoms with E-state index >= 15 is 0 Å². The molecular weight excluding hydrogens is 204 g/mol. The molecule has 3 nitrogen and oxygen atoms in total. The third-order valence-corrected chi connectivity index (χ3v) is 1.92. The molecule has 0 aromatic carbocycles. The number of hydrogen-bond acceptors (Lipinski definition) is 2. The summed E-state index contributed by atoms with van der Waals surface area (Å²) in [6.45, 7) is 5.93. The van der Waals surface area contributed by atoms with Crippen LogP contribution in [0.1, 0.15) is 20.8 Å². The SMILES string of the molecule is CC(C)(C)OC(=O)N1CC(C=C(F)F)C1. The quantitative estimate of drug-likeness (QED) is 0.678. The molecule has 1 saturated heterocycles. The monoisotopic (exact) mass is 219 g/mol. The van der Waals surface area contributed by atoms with Gasteiger partial charge in [0, 0.05) is 19.0 Å². The van der Waals surface area contributed by atoms with Crippen LogP contribution in [-0.4, -0.2) is 29.7 Å². The first-order valence-corrected chi connectivity index (χ1v) is 4.78. The van der Waals surface area contributed by atoms with Crippen LogP contribution in [0, 0.1) is 5.92 Å². The van der Waals surface area contributed by atoms with Crippen molar-refractivity contribution in [3.8, 4) is 0 Å². The highest BCUT2D eigenvalue weighted by molar-refractivity contribution is 5.69. The summed E-state index contributed by atoms with van der Waals surface area (Å²) in [5.74, 6) is -0.234. The van der Waals surface area contributed by atoms with Crippen LogP contribution in [0.2, 0.25) is 0 Å². The molecule has 0 aromatic rings. The Hall–Kier alpha value is -1.13. The molecule has 0 atom stereocenters. The number of halogens is 2. The van der Waals surface area contributed by atoms with Gasteiger partial charge in [0.25, 0.3) is 6.08 Å². The van der Waals surface area contributed by atoms with E-state index < -0.39 is 17.8 Å². The van der Waals surface area contributed by atoms with E-state index in [1.165, 1.54) is 4.90 Å². The van der Waals surface area contributed by atoms with Gasteiger partial charge >= 0.3 is 6.09 Å². The smallest absolute Gasteiger partial charge is 0.410 e. The Kier molecular flexibility index (Phi) is 3.31. The molecule has 0 saturated carbocycles. The Balaban J connectivity index is 2.33. The zero-order valence-corrected chi connectivity index (χ0v) is 9.09. The van der Waals surface area contributed by atoms with Crippen molar-refractivity contribution < 1.29 is 18.3 Å². The molecule has 0 radical (unpaired) electrons. The number of hydrogen-bond donors (Lipinski definition) is 0. The summed E-state index contributed by atoms with van der Waals surface area (Å²) < 4.78 is 28.7. The minimum Gasteiger partial charge on any atom is -0.444 e. The van der Waals surface area contributed by atoms with Crippen LogP contribution in [0.15, 0.2) is 12.2 Å². The van der Waals surface area contributed by atoms with Crippen molar-refractivity contribution in [2.45, 2.75) is 26.4 Å². The Morgan fingerprint density at radius 1 is 1.40 bits per heavy atom. The largest absolute Gasteiger partial charge is 0.444 e. The Morgan fingerprint density at radius 2 is 1.93 bits per heavy atom. The van der Waals surface area contributed by atoms with Crippen molar-refractivity contribution in [2.24, 2.45) is 5.92 Å². The van der Waals surface area contributed by atoms with Gasteiger partial charge in [-0.1, -0.05) is 0 Å². The zero-order chi connectivity index (χ0) is 11.6. The fourth-order valence-electron chi connectivity index (χ4n) is 1.27. The molecule has 0 N–H and O–H groups in total. The molecule has 0 aromatic heterocycles. The number of ether oxygens (including phenoxy) is 1. The molecule has 15 heavy (non-hydrogen) atoms. The lowest BCUT2D eigenvalue weighted by Crippen LogP contribution is -2.50. The maximum atomic E-state index is 11.8. The minimum absolute atomic E-state index is 0.234. The summed E-state index contributed by atoms with van der Waals surface area (Å²) in [6.07, 6.45) is -1.25. The lowest BCUT2D eigenvalue weighted by molar-refractivity contribution is 0.00448. The van der Waals surface area contributed by atoms with Crippen molar-refractivity contribution in [1.29, 1.82) is 0 Å². The Morgan fingerprint density at radius 3 is 2.33 bits per heavy atom. The van der Waals surface area contributed by atoms with E-state index in [0.29, 0.717) is 13.1 Å². The number of amides is 1. The molecule has 0 aliphatic carbocycles. The van der Waals surface area contributed by atoms with E-state index in [1.54, 1.807) is 20.8 Å². The first-order chi connectivity index (χ1) is 6.78. The number of rotatable bonds is 1. The van der Waals surface area contributed by atoms with E-state index in [4.69, 9.17) is 4.74 Å². The lowest BCUT2D eigenvalue weighted by Gasteiger charge is -2.38. The zero-order valence-electron chi connectivity index (χ0n) is 9.09. The van der Waals surface area contributed by atoms with Gasteiger partial charge in [0.2, 0.25) is 0 Å². The second kappa shape index (κ2) is 4.16. The van der Waals surface area contributed by atoms with E-state index in [1.807, 2.05) is 0 Å². The van der Waals surface area contributed by atoms with Gasteiger partial charge in [0.15, 0.2) is 0 Å². The van der Waals surface area contributed by atoms with Gasteiger partial charge < -0.3 is 9.64 Å². The molecule has 0 unspecified atom stereocenters. The molecule has 1 fully saturated rings. The maximum Gasteiger partial charge on any atom is 0.410 e. The predicted molar refractivity (Wildman–Crippen MR) is 51.6 cm³/mol. The average molecular weight is 219 g/mol. The molecular formula is C10H15F2NO2. The van der Waals surface area contributed by atoms with Gasteiger partial charge in [-0.25, -0.2) is 4.79 Å². The van der Waals surface area contributed by atoms with E-state index in [-0.39, 0.29) is 5.92 Å². The van der Waals surface area contributed by atoms with Gasteiger partial charge in [-0.15, -0.1) is 0 Å². The Bertz CT molecular complexity index is 274. The first kappa shape index (κ1) is 11.9. The van der Waals surface area contributed by atoms with Crippen molar-refractivity contribution in [3.05, 3.63) is 12.2 Å². The topological polar surface area (TPSA) is 29.5 Å². The summed E-state index contributed by atoms with van der Waals surface area (Å²) in [7, 11) is 0. The standard InChI is InChI=1S/C10H15F2NO2/c1-10(2,3)15-9(14)13-5-7(6-13)4-8(11)12/h4,7H,5-6H2,1-3H3. The second-order valence-corrected chi connectivity index (χ2v) is 4.60. The third-order valence-electron chi connectivity index (χ3n) is 1.92. The van der Waals surface area contributed by atoms with Crippen LogP contribution in [0.4, 0.5) is 13.6 Å². The van der Waals surface area contributed by atoms with Gasteiger partial charge in [0.1, 0.15) is 5.60 Å². The maximum absolute atomic E-state index is 11.8. The van der Waals surface area contributed by atoms with Gasteiger partial charge in [0.05, 0.1) is 0 Å². The van der Waals surface area contributed by atoms with Crippen LogP contribution >= 0.6 is 0 Å². The van der Waals surface area contributed by atoms with Crippen LogP contribution in [0.3, 0.4) is 0 Å². The summed E-state index contributed by atoms with van der Waals surface area (Å²) in [5.41, 5.74) is -0.538. The number of likely N-dealkylation sites (tertiary alicyclic amines) is 1. The predicted octanol–water partition coefficient (Wildman–Crippen LogP) is 2.63. The van der Waals surface area contributed by atoms with Crippen LogP contribution in [0.25, 0.3) is 0 Å². The molecule has 0 spiro atoms. The van der Waals surface area contributed by atoms with Crippen molar-refractivity contribution in [1.82, 2.24) is 4.90 Å². The first-order valence-electron chi connectivity index (χ1n) is 4.78. The molecule has 0 bridgehead atoms. The molecule has 1 heterocycles. The van der Waals surface area contributed by atoms with E-state index in [2.05, 4.69) is 0 Å². The van der Waals surface area contributed by atoms with E-state index in [0.717, 1.165) is 6.08 Å². The number of carbonyl (C=O) groups excluding carboxylic acids is 1. The van der Waals surface area contributed by atoms with Crippen LogP contribution < -0.4 is 0 Å². The van der Waals surface area contributed by atoms with Crippen molar-refractivity contribution >= 4 is 6.09 Å². The molecule has 1 amide bonds. The summed E-state index contributed by atoms with van der Waals surface area (Å²) in [4.78, 5) is 12.8. The molecule has 1 aliphatic heterocycles. The number of carbonyl (C=O) groups is 1. The van der Waals surface area contributed by atoms with Crippen LogP contribution in [0.5, 0.6) is 0 Å².